The van der Waals surface area contributed by atoms with Gasteiger partial charge in [0.2, 0.25) is 0 Å². The van der Waals surface area contributed by atoms with Crippen LogP contribution < -0.4 is 0 Å². The molecule has 1 aliphatic heterocycles. The first-order chi connectivity index (χ1) is 8.10. The molecule has 0 aromatic rings. The quantitative estimate of drug-likeness (QED) is 0.538. The van der Waals surface area contributed by atoms with Gasteiger partial charge in [-0.05, 0) is 13.3 Å². The Bertz CT molecular complexity index is 340. The Morgan fingerprint density at radius 2 is 2.00 bits per heavy atom. The molecule has 96 valence electrons. The van der Waals surface area contributed by atoms with Gasteiger partial charge in [-0.25, -0.2) is 0 Å². The average molecular weight is 243 g/mol. The van der Waals surface area contributed by atoms with Crippen LogP contribution in [-0.2, 0) is 14.5 Å². The summed E-state index contributed by atoms with van der Waals surface area (Å²) in [5, 5.41) is 16.7. The SMILES string of the molecule is CON=C(C)C(=NOC)C(=O)N1CCC(O)C1. The summed E-state index contributed by atoms with van der Waals surface area (Å²) in [6.45, 7) is 2.41. The predicted molar refractivity (Wildman–Crippen MR) is 61.8 cm³/mol. The highest BCUT2D eigenvalue weighted by atomic mass is 16.6. The average Bonchev–Trinajstić information content (AvgIpc) is 2.72. The fourth-order valence-electron chi connectivity index (χ4n) is 1.61. The molecular weight excluding hydrogens is 226 g/mol. The number of carbonyl (C=O) groups excluding carboxylic acids is 1. The molecule has 17 heavy (non-hydrogen) atoms. The molecule has 0 radical (unpaired) electrons. The van der Waals surface area contributed by atoms with E-state index in [1.165, 1.54) is 19.1 Å². The van der Waals surface area contributed by atoms with Crippen LogP contribution in [0.2, 0.25) is 0 Å². The van der Waals surface area contributed by atoms with Crippen molar-refractivity contribution in [1.29, 1.82) is 0 Å². The third-order valence-electron chi connectivity index (χ3n) is 2.41. The van der Waals surface area contributed by atoms with E-state index in [2.05, 4.69) is 20.0 Å². The number of carbonyl (C=O) groups is 1. The maximum Gasteiger partial charge on any atom is 0.278 e. The van der Waals surface area contributed by atoms with Crippen molar-refractivity contribution in [3.8, 4) is 0 Å². The Morgan fingerprint density at radius 1 is 1.35 bits per heavy atom. The van der Waals surface area contributed by atoms with Crippen LogP contribution in [0.3, 0.4) is 0 Å². The van der Waals surface area contributed by atoms with Crippen LogP contribution in [0, 0.1) is 0 Å². The zero-order chi connectivity index (χ0) is 12.8. The lowest BCUT2D eigenvalue weighted by Gasteiger charge is -2.15. The molecule has 7 nitrogen and oxygen atoms in total. The molecule has 0 aromatic carbocycles. The molecule has 1 heterocycles. The number of aliphatic hydroxyl groups excluding tert-OH is 1. The van der Waals surface area contributed by atoms with Gasteiger partial charge in [-0.3, -0.25) is 4.79 Å². The normalized spacial score (nSPS) is 21.6. The standard InChI is InChI=1S/C10H17N3O4/c1-7(11-16-2)9(12-17-3)10(15)13-5-4-8(14)6-13/h8,14H,4-6H2,1-3H3. The molecule has 0 spiro atoms. The van der Waals surface area contributed by atoms with Gasteiger partial charge in [0.25, 0.3) is 5.91 Å². The van der Waals surface area contributed by atoms with Gasteiger partial charge in [-0.1, -0.05) is 10.3 Å². The second-order valence-corrected chi connectivity index (χ2v) is 3.68. The van der Waals surface area contributed by atoms with Gasteiger partial charge < -0.3 is 19.7 Å². The van der Waals surface area contributed by atoms with Crippen LogP contribution in [0.15, 0.2) is 10.3 Å². The summed E-state index contributed by atoms with van der Waals surface area (Å²) in [6.07, 6.45) is 0.106. The number of likely N-dealkylation sites (tertiary alicyclic amines) is 1. The summed E-state index contributed by atoms with van der Waals surface area (Å²) in [7, 11) is 2.74. The molecule has 7 heteroatoms. The minimum atomic E-state index is -0.470. The second kappa shape index (κ2) is 6.19. The lowest BCUT2D eigenvalue weighted by Crippen LogP contribution is -2.38. The predicted octanol–water partition coefficient (Wildman–Crippen LogP) is -0.396. The third kappa shape index (κ3) is 3.42. The summed E-state index contributed by atoms with van der Waals surface area (Å²) in [5.41, 5.74) is 0.421. The van der Waals surface area contributed by atoms with E-state index in [0.29, 0.717) is 25.2 Å². The molecule has 1 fully saturated rings. The van der Waals surface area contributed by atoms with Crippen molar-refractivity contribution in [2.75, 3.05) is 27.3 Å². The number of hydrogen-bond donors (Lipinski definition) is 1. The van der Waals surface area contributed by atoms with Crippen molar-refractivity contribution in [2.24, 2.45) is 10.3 Å². The fourth-order valence-corrected chi connectivity index (χ4v) is 1.61. The molecule has 0 saturated carbocycles. The van der Waals surface area contributed by atoms with E-state index in [1.807, 2.05) is 0 Å². The number of rotatable bonds is 4. The van der Waals surface area contributed by atoms with Crippen molar-refractivity contribution < 1.29 is 19.6 Å². The van der Waals surface area contributed by atoms with Crippen LogP contribution in [0.25, 0.3) is 0 Å². The minimum Gasteiger partial charge on any atom is -0.399 e. The Balaban J connectivity index is 2.81. The van der Waals surface area contributed by atoms with Gasteiger partial charge in [0.05, 0.1) is 6.10 Å². The van der Waals surface area contributed by atoms with Crippen LogP contribution >= 0.6 is 0 Å². The van der Waals surface area contributed by atoms with Crippen molar-refractivity contribution in [3.05, 3.63) is 0 Å². The second-order valence-electron chi connectivity index (χ2n) is 3.68. The maximum absolute atomic E-state index is 12.1. The Labute approximate surface area is 99.7 Å². The van der Waals surface area contributed by atoms with E-state index in [4.69, 9.17) is 0 Å². The Kier molecular flexibility index (Phi) is 4.89. The lowest BCUT2D eigenvalue weighted by molar-refractivity contribution is -0.123. The monoisotopic (exact) mass is 243 g/mol. The third-order valence-corrected chi connectivity index (χ3v) is 2.41. The molecule has 0 aliphatic carbocycles. The number of amides is 1. The van der Waals surface area contributed by atoms with E-state index in [-0.39, 0.29) is 11.6 Å². The first-order valence-corrected chi connectivity index (χ1v) is 5.26. The molecule has 1 atom stereocenters. The smallest absolute Gasteiger partial charge is 0.278 e. The van der Waals surface area contributed by atoms with Gasteiger partial charge in [0, 0.05) is 13.1 Å². The van der Waals surface area contributed by atoms with Gasteiger partial charge in [-0.2, -0.15) is 0 Å². The first kappa shape index (κ1) is 13.4. The van der Waals surface area contributed by atoms with E-state index >= 15 is 0 Å². The van der Waals surface area contributed by atoms with E-state index < -0.39 is 6.10 Å². The number of aliphatic hydroxyl groups is 1. The molecule has 1 unspecified atom stereocenters. The van der Waals surface area contributed by atoms with Crippen LogP contribution in [-0.4, -0.2) is 60.8 Å². The largest absolute Gasteiger partial charge is 0.399 e. The van der Waals surface area contributed by atoms with E-state index in [9.17, 15) is 9.90 Å². The zero-order valence-corrected chi connectivity index (χ0v) is 10.2. The number of nitrogens with zero attached hydrogens (tertiary/aromatic N) is 3. The van der Waals surface area contributed by atoms with Gasteiger partial charge >= 0.3 is 0 Å². The topological polar surface area (TPSA) is 83.7 Å². The summed E-state index contributed by atoms with van der Waals surface area (Å²) < 4.78 is 0. The molecule has 1 amide bonds. The van der Waals surface area contributed by atoms with Gasteiger partial charge in [0.1, 0.15) is 19.9 Å². The van der Waals surface area contributed by atoms with Crippen LogP contribution in [0.1, 0.15) is 13.3 Å². The molecule has 1 rings (SSSR count). The molecule has 1 aliphatic rings. The number of β-amino-alcohol motifs (C(OH)–C–C–N with tert-alkyl or cyclic N) is 1. The number of oxime groups is 2. The summed E-state index contributed by atoms with van der Waals surface area (Å²) in [4.78, 5) is 22.8. The molecule has 0 bridgehead atoms. The highest BCUT2D eigenvalue weighted by Gasteiger charge is 2.29. The molecule has 1 saturated heterocycles. The summed E-state index contributed by atoms with van der Waals surface area (Å²) >= 11 is 0. The Morgan fingerprint density at radius 3 is 2.47 bits per heavy atom. The molecule has 1 N–H and O–H groups in total. The van der Waals surface area contributed by atoms with Crippen LogP contribution in [0.4, 0.5) is 0 Å². The lowest BCUT2D eigenvalue weighted by atomic mass is 10.2. The molecular formula is C10H17N3O4. The van der Waals surface area contributed by atoms with Crippen LogP contribution in [0.5, 0.6) is 0 Å². The first-order valence-electron chi connectivity index (χ1n) is 5.26. The minimum absolute atomic E-state index is 0.0865. The van der Waals surface area contributed by atoms with Gasteiger partial charge in [-0.15, -0.1) is 0 Å². The maximum atomic E-state index is 12.1. The van der Waals surface area contributed by atoms with Crippen molar-refractivity contribution in [3.63, 3.8) is 0 Å². The molecule has 0 aromatic heterocycles. The zero-order valence-electron chi connectivity index (χ0n) is 10.2. The summed E-state index contributed by atoms with van der Waals surface area (Å²) in [5.74, 6) is -0.318. The van der Waals surface area contributed by atoms with E-state index in [0.717, 1.165) is 0 Å². The van der Waals surface area contributed by atoms with Crippen molar-refractivity contribution >= 4 is 17.3 Å². The number of hydrogen-bond acceptors (Lipinski definition) is 6. The van der Waals surface area contributed by atoms with Crippen molar-refractivity contribution in [1.82, 2.24) is 4.90 Å². The summed E-state index contributed by atoms with van der Waals surface area (Å²) in [6, 6.07) is 0. The fraction of sp³-hybridized carbons (Fsp3) is 0.700. The van der Waals surface area contributed by atoms with Gasteiger partial charge in [0.15, 0.2) is 5.71 Å². The van der Waals surface area contributed by atoms with Crippen molar-refractivity contribution in [2.45, 2.75) is 19.4 Å². The highest BCUT2D eigenvalue weighted by Crippen LogP contribution is 2.10. The highest BCUT2D eigenvalue weighted by molar-refractivity contribution is 6.66. The van der Waals surface area contributed by atoms with E-state index in [1.54, 1.807) is 6.92 Å². The Hall–Kier alpha value is -1.63.